The fraction of sp³-hybridized carbons (Fsp3) is 0.500. The second-order valence-electron chi connectivity index (χ2n) is 6.24. The van der Waals surface area contributed by atoms with E-state index < -0.39 is 17.7 Å². The number of aliphatic carboxylic acids is 1. The monoisotopic (exact) mass is 350 g/mol. The lowest BCUT2D eigenvalue weighted by Gasteiger charge is -2.26. The van der Waals surface area contributed by atoms with Gasteiger partial charge in [0.25, 0.3) is 0 Å². The number of aliphatic imine (C=N–C) groups is 1. The number of isocyanates is 1. The molecule has 0 aliphatic rings. The van der Waals surface area contributed by atoms with Gasteiger partial charge in [0.05, 0.1) is 13.0 Å². The average Bonchev–Trinajstić information content (AvgIpc) is 2.50. The molecule has 0 fully saturated rings. The van der Waals surface area contributed by atoms with Crippen molar-refractivity contribution in [2.75, 3.05) is 19.6 Å². The zero-order chi connectivity index (χ0) is 19.3. The Morgan fingerprint density at radius 2 is 1.80 bits per heavy atom. The lowest BCUT2D eigenvalue weighted by molar-refractivity contribution is -0.137. The highest BCUT2D eigenvalue weighted by Gasteiger charge is 2.22. The minimum Gasteiger partial charge on any atom is -0.481 e. The van der Waals surface area contributed by atoms with Crippen molar-refractivity contribution < 1.29 is 24.2 Å². The van der Waals surface area contributed by atoms with Crippen molar-refractivity contribution >= 4 is 18.1 Å². The molecule has 0 atom stereocenters. The number of amides is 1. The van der Waals surface area contributed by atoms with Crippen LogP contribution < -0.4 is 0 Å². The second kappa shape index (κ2) is 11.8. The molecule has 1 rings (SSSR count). The van der Waals surface area contributed by atoms with Gasteiger partial charge in [0.1, 0.15) is 5.60 Å². The summed E-state index contributed by atoms with van der Waals surface area (Å²) in [7, 11) is 0. The van der Waals surface area contributed by atoms with Crippen LogP contribution in [0.4, 0.5) is 4.79 Å². The number of ether oxygens (including phenoxy) is 1. The Bertz CT molecular complexity index is 569. The number of rotatable bonds is 6. The maximum atomic E-state index is 11.7. The number of carbonyl (C=O) groups excluding carboxylic acids is 2. The quantitative estimate of drug-likeness (QED) is 0.628. The molecule has 25 heavy (non-hydrogen) atoms. The summed E-state index contributed by atoms with van der Waals surface area (Å²) in [6.45, 7) is 7.43. The Hall–Kier alpha value is -2.66. The highest BCUT2D eigenvalue weighted by molar-refractivity contribution is 5.70. The van der Waals surface area contributed by atoms with Gasteiger partial charge in [0.2, 0.25) is 6.08 Å². The van der Waals surface area contributed by atoms with Crippen molar-refractivity contribution in [2.24, 2.45) is 4.99 Å². The lowest BCUT2D eigenvalue weighted by atomic mass is 10.2. The number of benzene rings is 1. The zero-order valence-electron chi connectivity index (χ0n) is 15.2. The van der Waals surface area contributed by atoms with Gasteiger partial charge in [-0.15, -0.1) is 0 Å². The summed E-state index contributed by atoms with van der Waals surface area (Å²) < 4.78 is 5.12. The third kappa shape index (κ3) is 13.5. The maximum absolute atomic E-state index is 11.7. The molecule has 0 saturated heterocycles. The molecule has 0 aliphatic heterocycles. The van der Waals surface area contributed by atoms with E-state index in [1.165, 1.54) is 16.5 Å². The summed E-state index contributed by atoms with van der Waals surface area (Å²) >= 11 is 0. The third-order valence-corrected chi connectivity index (χ3v) is 2.73. The number of carbonyl (C=O) groups is 2. The highest BCUT2D eigenvalue weighted by atomic mass is 16.6. The van der Waals surface area contributed by atoms with Gasteiger partial charge in [-0.2, -0.15) is 0 Å². The minimum absolute atomic E-state index is 0.0125. The van der Waals surface area contributed by atoms with E-state index in [-0.39, 0.29) is 26.1 Å². The van der Waals surface area contributed by atoms with Gasteiger partial charge < -0.3 is 14.7 Å². The van der Waals surface area contributed by atoms with E-state index >= 15 is 0 Å². The van der Waals surface area contributed by atoms with Crippen molar-refractivity contribution in [3.63, 3.8) is 0 Å². The van der Waals surface area contributed by atoms with Gasteiger partial charge in [-0.3, -0.25) is 4.79 Å². The first kappa shape index (κ1) is 22.3. The van der Waals surface area contributed by atoms with Gasteiger partial charge in [0, 0.05) is 13.1 Å². The van der Waals surface area contributed by atoms with Crippen LogP contribution >= 0.6 is 0 Å². The third-order valence-electron chi connectivity index (χ3n) is 2.73. The zero-order valence-corrected chi connectivity index (χ0v) is 15.2. The van der Waals surface area contributed by atoms with Crippen LogP contribution in [0.3, 0.4) is 0 Å². The molecule has 0 heterocycles. The Morgan fingerprint density at radius 1 is 1.20 bits per heavy atom. The molecule has 0 spiro atoms. The molecule has 1 aromatic rings. The van der Waals surface area contributed by atoms with Gasteiger partial charge in [0.15, 0.2) is 0 Å². The number of carboxylic acids is 1. The highest BCUT2D eigenvalue weighted by Crippen LogP contribution is 2.10. The SMILES string of the molecule is CC(C)(C)OC(=O)N(CCN=C=O)CCC(=O)O.Cc1ccccc1. The molecule has 0 unspecified atom stereocenters. The lowest BCUT2D eigenvalue weighted by Crippen LogP contribution is -2.39. The Labute approximate surface area is 148 Å². The molecular formula is C18H26N2O5. The molecule has 1 amide bonds. The fourth-order valence-corrected chi connectivity index (χ4v) is 1.60. The first-order chi connectivity index (χ1) is 11.7. The molecule has 7 nitrogen and oxygen atoms in total. The van der Waals surface area contributed by atoms with Gasteiger partial charge in [-0.1, -0.05) is 35.9 Å². The summed E-state index contributed by atoms with van der Waals surface area (Å²) in [5.41, 5.74) is 0.662. The molecule has 0 aliphatic carbocycles. The normalized spacial score (nSPS) is 9.92. The maximum Gasteiger partial charge on any atom is 0.410 e. The first-order valence-electron chi connectivity index (χ1n) is 7.90. The van der Waals surface area contributed by atoms with Crippen molar-refractivity contribution in [3.05, 3.63) is 35.9 Å². The van der Waals surface area contributed by atoms with Crippen LogP contribution in [-0.2, 0) is 14.3 Å². The van der Waals surface area contributed by atoms with Crippen LogP contribution in [0, 0.1) is 6.92 Å². The molecule has 1 aromatic carbocycles. The summed E-state index contributed by atoms with van der Waals surface area (Å²) in [4.78, 5) is 36.7. The molecule has 0 radical (unpaired) electrons. The molecule has 1 N–H and O–H groups in total. The molecule has 0 saturated carbocycles. The number of nitrogens with zero attached hydrogens (tertiary/aromatic N) is 2. The smallest absolute Gasteiger partial charge is 0.410 e. The number of carboxylic acid groups (broad SMARTS) is 1. The summed E-state index contributed by atoms with van der Waals surface area (Å²) in [6.07, 6.45) is 0.544. The average molecular weight is 350 g/mol. The number of aryl methyl sites for hydroxylation is 1. The standard InChI is InChI=1S/C11H18N2O5.C7H8/c1-11(2,3)18-10(17)13(6-4-9(15)16)7-5-12-8-14;1-7-5-3-2-4-6-7/h4-7H2,1-3H3,(H,15,16);2-6H,1H3. The van der Waals surface area contributed by atoms with Crippen molar-refractivity contribution in [1.29, 1.82) is 0 Å². The second-order valence-corrected chi connectivity index (χ2v) is 6.24. The predicted molar refractivity (Wildman–Crippen MR) is 94.2 cm³/mol. The van der Waals surface area contributed by atoms with E-state index in [9.17, 15) is 14.4 Å². The Balaban J connectivity index is 0.000000676. The van der Waals surface area contributed by atoms with Crippen molar-refractivity contribution in [2.45, 2.75) is 39.7 Å². The van der Waals surface area contributed by atoms with Gasteiger partial charge in [-0.25, -0.2) is 14.6 Å². The van der Waals surface area contributed by atoms with Crippen LogP contribution in [-0.4, -0.2) is 53.4 Å². The van der Waals surface area contributed by atoms with E-state index in [0.29, 0.717) is 0 Å². The van der Waals surface area contributed by atoms with Crippen LogP contribution in [0.1, 0.15) is 32.8 Å². The van der Waals surface area contributed by atoms with E-state index in [2.05, 4.69) is 24.0 Å². The van der Waals surface area contributed by atoms with Crippen LogP contribution in [0.2, 0.25) is 0 Å². The van der Waals surface area contributed by atoms with E-state index in [1.54, 1.807) is 20.8 Å². The molecule has 0 aromatic heterocycles. The fourth-order valence-electron chi connectivity index (χ4n) is 1.60. The largest absolute Gasteiger partial charge is 0.481 e. The Kier molecular flexibility index (Phi) is 10.6. The topological polar surface area (TPSA) is 96.3 Å². The first-order valence-corrected chi connectivity index (χ1v) is 7.90. The predicted octanol–water partition coefficient (Wildman–Crippen LogP) is 3.03. The summed E-state index contributed by atoms with van der Waals surface area (Å²) in [6, 6.07) is 10.3. The van der Waals surface area contributed by atoms with Gasteiger partial charge in [-0.05, 0) is 27.7 Å². The van der Waals surface area contributed by atoms with Crippen LogP contribution in [0.15, 0.2) is 35.3 Å². The Morgan fingerprint density at radius 3 is 2.20 bits per heavy atom. The van der Waals surface area contributed by atoms with Crippen molar-refractivity contribution in [1.82, 2.24) is 4.90 Å². The molecule has 0 bridgehead atoms. The molecular weight excluding hydrogens is 324 g/mol. The summed E-state index contributed by atoms with van der Waals surface area (Å²) in [5, 5.41) is 8.58. The minimum atomic E-state index is -1.01. The molecule has 138 valence electrons. The summed E-state index contributed by atoms with van der Waals surface area (Å²) in [5.74, 6) is -1.01. The number of hydrogen-bond donors (Lipinski definition) is 1. The van der Waals surface area contributed by atoms with E-state index in [0.717, 1.165) is 0 Å². The van der Waals surface area contributed by atoms with Crippen molar-refractivity contribution in [3.8, 4) is 0 Å². The number of hydrogen-bond acceptors (Lipinski definition) is 5. The molecule has 7 heteroatoms. The van der Waals surface area contributed by atoms with Crippen LogP contribution in [0.25, 0.3) is 0 Å². The van der Waals surface area contributed by atoms with E-state index in [1.807, 2.05) is 18.2 Å². The van der Waals surface area contributed by atoms with E-state index in [4.69, 9.17) is 9.84 Å². The van der Waals surface area contributed by atoms with Crippen LogP contribution in [0.5, 0.6) is 0 Å². The van der Waals surface area contributed by atoms with Gasteiger partial charge >= 0.3 is 12.1 Å².